The van der Waals surface area contributed by atoms with Gasteiger partial charge in [0, 0.05) is 35.3 Å². The normalized spacial score (nSPS) is 11.0. The van der Waals surface area contributed by atoms with Gasteiger partial charge in [0.25, 0.3) is 5.91 Å². The quantitative estimate of drug-likeness (QED) is 0.439. The van der Waals surface area contributed by atoms with Crippen LogP contribution in [0.15, 0.2) is 35.5 Å². The lowest BCUT2D eigenvalue weighted by atomic mass is 10.1. The number of rotatable bonds is 10. The van der Waals surface area contributed by atoms with Crippen molar-refractivity contribution >= 4 is 21.8 Å². The lowest BCUT2D eigenvalue weighted by Crippen LogP contribution is -2.27. The summed E-state index contributed by atoms with van der Waals surface area (Å²) in [7, 11) is 0. The molecule has 3 aromatic heterocycles. The van der Waals surface area contributed by atoms with Gasteiger partial charge in [-0.05, 0) is 47.7 Å². The van der Waals surface area contributed by atoms with Gasteiger partial charge in [0.1, 0.15) is 5.69 Å². The SMILES string of the molecule is O=C(NCCn1cc(CCCCCc2cnc[nH]2)nn1)c1cc(Br)c[nH]1. The number of nitrogens with one attached hydrogen (secondary N) is 3. The van der Waals surface area contributed by atoms with E-state index in [0.29, 0.717) is 18.8 Å². The minimum absolute atomic E-state index is 0.131. The van der Waals surface area contributed by atoms with E-state index in [4.69, 9.17) is 0 Å². The smallest absolute Gasteiger partial charge is 0.267 e. The number of H-pyrrole nitrogens is 2. The summed E-state index contributed by atoms with van der Waals surface area (Å²) in [6, 6.07) is 1.75. The zero-order valence-corrected chi connectivity index (χ0v) is 16.0. The van der Waals surface area contributed by atoms with E-state index in [-0.39, 0.29) is 5.91 Å². The molecule has 3 aromatic rings. The van der Waals surface area contributed by atoms with Crippen molar-refractivity contribution in [2.75, 3.05) is 6.54 Å². The highest BCUT2D eigenvalue weighted by Gasteiger charge is 2.07. The maximum absolute atomic E-state index is 11.9. The van der Waals surface area contributed by atoms with Crippen LogP contribution in [0.4, 0.5) is 0 Å². The Labute approximate surface area is 159 Å². The molecule has 9 heteroatoms. The van der Waals surface area contributed by atoms with Gasteiger partial charge in [0.15, 0.2) is 0 Å². The molecule has 1 amide bonds. The van der Waals surface area contributed by atoms with Crippen LogP contribution in [-0.4, -0.2) is 42.4 Å². The van der Waals surface area contributed by atoms with E-state index in [1.807, 2.05) is 12.4 Å². The Kier molecular flexibility index (Phi) is 6.59. The van der Waals surface area contributed by atoms with Crippen LogP contribution in [0.3, 0.4) is 0 Å². The molecule has 0 fully saturated rings. The number of halogens is 1. The second kappa shape index (κ2) is 9.33. The number of amides is 1. The van der Waals surface area contributed by atoms with Crippen molar-refractivity contribution < 1.29 is 4.79 Å². The summed E-state index contributed by atoms with van der Waals surface area (Å²) in [5, 5.41) is 11.2. The average molecular weight is 420 g/mol. The average Bonchev–Trinajstić information content (AvgIpc) is 3.37. The van der Waals surface area contributed by atoms with Crippen LogP contribution in [0, 0.1) is 0 Å². The fraction of sp³-hybridized carbons (Fsp3) is 0.412. The molecule has 0 spiro atoms. The van der Waals surface area contributed by atoms with Crippen LogP contribution in [0.1, 0.15) is 41.1 Å². The molecule has 3 N–H and O–H groups in total. The Morgan fingerprint density at radius 3 is 2.88 bits per heavy atom. The van der Waals surface area contributed by atoms with Gasteiger partial charge in [0.05, 0.1) is 18.6 Å². The highest BCUT2D eigenvalue weighted by Crippen LogP contribution is 2.10. The summed E-state index contributed by atoms with van der Waals surface area (Å²) >= 11 is 3.31. The molecule has 0 aromatic carbocycles. The third-order valence-electron chi connectivity index (χ3n) is 4.04. The van der Waals surface area contributed by atoms with Crippen LogP contribution >= 0.6 is 15.9 Å². The van der Waals surface area contributed by atoms with Crippen molar-refractivity contribution in [3.05, 3.63) is 52.5 Å². The minimum Gasteiger partial charge on any atom is -0.356 e. The molecule has 0 unspecified atom stereocenters. The fourth-order valence-corrected chi connectivity index (χ4v) is 3.00. The van der Waals surface area contributed by atoms with Crippen molar-refractivity contribution in [2.45, 2.75) is 38.6 Å². The second-order valence-corrected chi connectivity index (χ2v) is 7.01. The summed E-state index contributed by atoms with van der Waals surface area (Å²) < 4.78 is 2.62. The van der Waals surface area contributed by atoms with Crippen molar-refractivity contribution in [3.63, 3.8) is 0 Å². The molecule has 0 aliphatic rings. The molecule has 0 aliphatic carbocycles. The largest absolute Gasteiger partial charge is 0.356 e. The summed E-state index contributed by atoms with van der Waals surface area (Å²) in [6.07, 6.45) is 12.6. The van der Waals surface area contributed by atoms with Gasteiger partial charge in [-0.1, -0.05) is 11.6 Å². The van der Waals surface area contributed by atoms with E-state index in [9.17, 15) is 4.79 Å². The number of unbranched alkanes of at least 4 members (excludes halogenated alkanes) is 2. The molecule has 0 aliphatic heterocycles. The van der Waals surface area contributed by atoms with Crippen LogP contribution in [-0.2, 0) is 19.4 Å². The molecular formula is C17H22BrN7O. The molecule has 0 bridgehead atoms. The zero-order valence-electron chi connectivity index (χ0n) is 14.4. The van der Waals surface area contributed by atoms with Crippen molar-refractivity contribution in [2.24, 2.45) is 0 Å². The maximum atomic E-state index is 11.9. The molecule has 8 nitrogen and oxygen atoms in total. The number of aromatic amines is 2. The van der Waals surface area contributed by atoms with Gasteiger partial charge in [-0.15, -0.1) is 5.10 Å². The third-order valence-corrected chi connectivity index (χ3v) is 4.50. The van der Waals surface area contributed by atoms with E-state index in [1.54, 1.807) is 23.3 Å². The number of imidazole rings is 1. The molecule has 0 radical (unpaired) electrons. The molecule has 3 rings (SSSR count). The van der Waals surface area contributed by atoms with Crippen molar-refractivity contribution in [3.8, 4) is 0 Å². The van der Waals surface area contributed by atoms with Crippen molar-refractivity contribution in [1.82, 2.24) is 35.3 Å². The molecule has 0 atom stereocenters. The Morgan fingerprint density at radius 2 is 2.12 bits per heavy atom. The number of nitrogens with zero attached hydrogens (tertiary/aromatic N) is 4. The molecule has 0 saturated carbocycles. The first-order chi connectivity index (χ1) is 12.7. The van der Waals surface area contributed by atoms with Gasteiger partial charge < -0.3 is 15.3 Å². The Morgan fingerprint density at radius 1 is 1.23 bits per heavy atom. The third kappa shape index (κ3) is 5.55. The minimum atomic E-state index is -0.131. The van der Waals surface area contributed by atoms with Gasteiger partial charge in [-0.3, -0.25) is 9.48 Å². The predicted octanol–water partition coefficient (Wildman–Crippen LogP) is 2.48. The monoisotopic (exact) mass is 419 g/mol. The predicted molar refractivity (Wildman–Crippen MR) is 101 cm³/mol. The summed E-state index contributed by atoms with van der Waals surface area (Å²) in [6.45, 7) is 1.10. The van der Waals surface area contributed by atoms with E-state index in [0.717, 1.165) is 42.3 Å². The van der Waals surface area contributed by atoms with E-state index in [1.165, 1.54) is 5.69 Å². The number of aryl methyl sites for hydroxylation is 2. The van der Waals surface area contributed by atoms with Gasteiger partial charge >= 0.3 is 0 Å². The summed E-state index contributed by atoms with van der Waals surface area (Å²) in [5.41, 5.74) is 2.71. The highest BCUT2D eigenvalue weighted by molar-refractivity contribution is 9.10. The van der Waals surface area contributed by atoms with Crippen molar-refractivity contribution in [1.29, 1.82) is 0 Å². The zero-order chi connectivity index (χ0) is 18.2. The second-order valence-electron chi connectivity index (χ2n) is 6.10. The van der Waals surface area contributed by atoms with Crippen LogP contribution in [0.5, 0.6) is 0 Å². The highest BCUT2D eigenvalue weighted by atomic mass is 79.9. The molecule has 26 heavy (non-hydrogen) atoms. The molecule has 0 saturated heterocycles. The summed E-state index contributed by atoms with van der Waals surface area (Å²) in [4.78, 5) is 22.0. The van der Waals surface area contributed by atoms with Crippen LogP contribution in [0.2, 0.25) is 0 Å². The molecular weight excluding hydrogens is 398 g/mol. The number of hydrogen-bond acceptors (Lipinski definition) is 4. The molecule has 138 valence electrons. The van der Waals surface area contributed by atoms with E-state index in [2.05, 4.69) is 46.5 Å². The lowest BCUT2D eigenvalue weighted by molar-refractivity contribution is 0.0947. The number of carbonyl (C=O) groups is 1. The van der Waals surface area contributed by atoms with Crippen LogP contribution in [0.25, 0.3) is 0 Å². The number of carbonyl (C=O) groups excluding carboxylic acids is 1. The maximum Gasteiger partial charge on any atom is 0.267 e. The standard InChI is InChI=1S/C17H22BrN7O/c18-13-8-16(21-9-13)17(26)20-6-7-25-11-15(23-24-25)5-3-1-2-4-14-10-19-12-22-14/h8-12,21H,1-7H2,(H,19,22)(H,20,26). The summed E-state index contributed by atoms with van der Waals surface area (Å²) in [5.74, 6) is -0.131. The van der Waals surface area contributed by atoms with E-state index < -0.39 is 0 Å². The molecule has 3 heterocycles. The Bertz CT molecular complexity index is 809. The topological polar surface area (TPSA) is 104 Å². The van der Waals surface area contributed by atoms with Crippen LogP contribution < -0.4 is 5.32 Å². The Balaban J connectivity index is 1.31. The lowest BCUT2D eigenvalue weighted by Gasteiger charge is -2.03. The van der Waals surface area contributed by atoms with E-state index >= 15 is 0 Å². The van der Waals surface area contributed by atoms with Gasteiger partial charge in [-0.25, -0.2) is 4.98 Å². The first-order valence-corrected chi connectivity index (χ1v) is 9.48. The number of aromatic nitrogens is 6. The Hall–Kier alpha value is -2.42. The fourth-order valence-electron chi connectivity index (χ4n) is 2.66. The number of hydrogen-bond donors (Lipinski definition) is 3. The first kappa shape index (κ1) is 18.4. The van der Waals surface area contributed by atoms with Gasteiger partial charge in [0.2, 0.25) is 0 Å². The first-order valence-electron chi connectivity index (χ1n) is 8.69. The van der Waals surface area contributed by atoms with Gasteiger partial charge in [-0.2, -0.15) is 0 Å².